The quantitative estimate of drug-likeness (QED) is 0.486. The van der Waals surface area contributed by atoms with E-state index in [0.717, 1.165) is 23.4 Å². The molecule has 0 atom stereocenters. The zero-order valence-electron chi connectivity index (χ0n) is 18.2. The summed E-state index contributed by atoms with van der Waals surface area (Å²) in [5, 5.41) is 3.73. The average molecular weight is 478 g/mol. The lowest BCUT2D eigenvalue weighted by molar-refractivity contribution is -0.137. The van der Waals surface area contributed by atoms with Gasteiger partial charge < -0.3 is 15.0 Å². The normalized spacial score (nSPS) is 13.8. The summed E-state index contributed by atoms with van der Waals surface area (Å²) >= 11 is 6.33. The van der Waals surface area contributed by atoms with Gasteiger partial charge in [0, 0.05) is 24.0 Å². The maximum absolute atomic E-state index is 12.9. The monoisotopic (exact) mass is 477 g/mol. The van der Waals surface area contributed by atoms with Crippen LogP contribution in [0.5, 0.6) is 0 Å². The third kappa shape index (κ3) is 5.54. The molecule has 0 amide bonds. The van der Waals surface area contributed by atoms with Crippen LogP contribution < -0.4 is 10.2 Å². The van der Waals surface area contributed by atoms with Crippen LogP contribution in [0.15, 0.2) is 42.6 Å². The molecule has 0 bridgehead atoms. The van der Waals surface area contributed by atoms with E-state index in [4.69, 9.17) is 21.3 Å². The van der Waals surface area contributed by atoms with Crippen molar-refractivity contribution in [1.29, 1.82) is 0 Å². The number of ether oxygens (including phenoxy) is 1. The summed E-state index contributed by atoms with van der Waals surface area (Å²) in [6, 6.07) is 8.44. The molecule has 3 aromatic rings. The number of halogens is 4. The fourth-order valence-electron chi connectivity index (χ4n) is 3.56. The van der Waals surface area contributed by atoms with Gasteiger partial charge in [0.05, 0.1) is 28.9 Å². The number of hydrogen-bond acceptors (Lipinski definition) is 6. The highest BCUT2D eigenvalue weighted by atomic mass is 35.5. The molecule has 3 heterocycles. The van der Waals surface area contributed by atoms with Gasteiger partial charge in [-0.05, 0) is 56.7 Å². The summed E-state index contributed by atoms with van der Waals surface area (Å²) in [5.41, 5.74) is 1.52. The molecule has 0 saturated carbocycles. The maximum atomic E-state index is 12.9. The molecule has 1 N–H and O–H groups in total. The number of anilines is 3. The number of rotatable bonds is 6. The highest BCUT2D eigenvalue weighted by Gasteiger charge is 2.30. The first-order valence-electron chi connectivity index (χ1n) is 10.5. The predicted molar refractivity (Wildman–Crippen MR) is 121 cm³/mol. The molecule has 0 spiro atoms. The molecule has 2 aromatic heterocycles. The minimum atomic E-state index is -4.38. The van der Waals surface area contributed by atoms with Crippen molar-refractivity contribution in [1.82, 2.24) is 15.0 Å². The Morgan fingerprint density at radius 3 is 2.58 bits per heavy atom. The Balaban J connectivity index is 1.65. The second kappa shape index (κ2) is 9.52. The Kier molecular flexibility index (Phi) is 6.71. The van der Waals surface area contributed by atoms with Crippen LogP contribution >= 0.6 is 11.6 Å². The molecule has 0 aliphatic carbocycles. The van der Waals surface area contributed by atoms with Crippen molar-refractivity contribution in [2.24, 2.45) is 0 Å². The van der Waals surface area contributed by atoms with Crippen molar-refractivity contribution in [3.8, 4) is 0 Å². The van der Waals surface area contributed by atoms with Crippen molar-refractivity contribution in [2.75, 3.05) is 16.8 Å². The Hall–Kier alpha value is -2.91. The van der Waals surface area contributed by atoms with E-state index in [1.54, 1.807) is 18.3 Å². The number of alkyl halides is 3. The Bertz CT molecular complexity index is 1120. The molecule has 0 unspecified atom stereocenters. The van der Waals surface area contributed by atoms with Gasteiger partial charge in [-0.3, -0.25) is 0 Å². The fourth-order valence-corrected chi connectivity index (χ4v) is 3.80. The summed E-state index contributed by atoms with van der Waals surface area (Å²) in [4.78, 5) is 15.8. The average Bonchev–Trinajstić information content (AvgIpc) is 2.77. The molecule has 0 fully saturated rings. The Morgan fingerprint density at radius 1 is 1.15 bits per heavy atom. The number of benzene rings is 1. The lowest BCUT2D eigenvalue weighted by atomic mass is 10.0. The minimum absolute atomic E-state index is 0.000205. The van der Waals surface area contributed by atoms with E-state index in [-0.39, 0.29) is 12.7 Å². The largest absolute Gasteiger partial charge is 0.416 e. The molecule has 6 nitrogen and oxygen atoms in total. The molecule has 0 radical (unpaired) electrons. The minimum Gasteiger partial charge on any atom is -0.371 e. The lowest BCUT2D eigenvalue weighted by Gasteiger charge is -2.31. The van der Waals surface area contributed by atoms with Gasteiger partial charge >= 0.3 is 6.18 Å². The van der Waals surface area contributed by atoms with Crippen LogP contribution in [0.3, 0.4) is 0 Å². The third-order valence-corrected chi connectivity index (χ3v) is 5.47. The van der Waals surface area contributed by atoms with Crippen LogP contribution in [0.1, 0.15) is 36.5 Å². The van der Waals surface area contributed by atoms with Crippen LogP contribution in [0.2, 0.25) is 5.02 Å². The molecule has 4 rings (SSSR count). The molecule has 1 aromatic carbocycles. The van der Waals surface area contributed by atoms with Gasteiger partial charge in [-0.1, -0.05) is 11.6 Å². The van der Waals surface area contributed by atoms with Crippen molar-refractivity contribution in [3.05, 3.63) is 70.3 Å². The second-order valence-electron chi connectivity index (χ2n) is 7.95. The molecular weight excluding hydrogens is 455 g/mol. The molecular formula is C23H23ClF3N5O. The van der Waals surface area contributed by atoms with E-state index in [9.17, 15) is 13.2 Å². The maximum Gasteiger partial charge on any atom is 0.416 e. The number of nitrogens with zero attached hydrogens (tertiary/aromatic N) is 4. The van der Waals surface area contributed by atoms with Crippen LogP contribution in [0.4, 0.5) is 30.5 Å². The fraction of sp³-hybridized carbons (Fsp3) is 0.348. The third-order valence-electron chi connectivity index (χ3n) is 5.17. The van der Waals surface area contributed by atoms with Gasteiger partial charge in [0.2, 0.25) is 0 Å². The van der Waals surface area contributed by atoms with E-state index >= 15 is 0 Å². The zero-order valence-corrected chi connectivity index (χ0v) is 18.9. The highest BCUT2D eigenvalue weighted by molar-refractivity contribution is 6.32. The number of nitrogens with one attached hydrogen (secondary N) is 1. The topological polar surface area (TPSA) is 63.2 Å². The highest BCUT2D eigenvalue weighted by Crippen LogP contribution is 2.33. The number of fused-ring (bicyclic) bond motifs is 1. The molecule has 10 heteroatoms. The summed E-state index contributed by atoms with van der Waals surface area (Å²) in [7, 11) is 0. The van der Waals surface area contributed by atoms with Crippen molar-refractivity contribution in [2.45, 2.75) is 45.7 Å². The van der Waals surface area contributed by atoms with Gasteiger partial charge in [0.15, 0.2) is 5.82 Å². The first-order chi connectivity index (χ1) is 15.7. The predicted octanol–water partition coefficient (Wildman–Crippen LogP) is 5.78. The van der Waals surface area contributed by atoms with Gasteiger partial charge in [-0.25, -0.2) is 15.0 Å². The molecule has 1 aliphatic rings. The molecule has 0 saturated heterocycles. The lowest BCUT2D eigenvalue weighted by Crippen LogP contribution is -2.33. The smallest absolute Gasteiger partial charge is 0.371 e. The van der Waals surface area contributed by atoms with E-state index in [1.807, 2.05) is 18.7 Å². The first-order valence-corrected chi connectivity index (χ1v) is 10.9. The summed E-state index contributed by atoms with van der Waals surface area (Å²) < 4.78 is 44.4. The van der Waals surface area contributed by atoms with Crippen LogP contribution in [0.25, 0.3) is 0 Å². The second-order valence-corrected chi connectivity index (χ2v) is 8.36. The standard InChI is InChI=1S/C23H23ClF3N5O/c1-14(2)33-13-20-30-19-12-32(22-18(24)4-3-10-28-22)11-9-17(19)21(31-20)29-16-7-5-15(6-8-16)23(25,26)27/h3-8,10,14H,9,11-13H2,1-2H3,(H,29,30,31). The molecule has 33 heavy (non-hydrogen) atoms. The van der Waals surface area contributed by atoms with Crippen LogP contribution in [-0.2, 0) is 30.5 Å². The summed E-state index contributed by atoms with van der Waals surface area (Å²) in [5.74, 6) is 1.74. The van der Waals surface area contributed by atoms with Crippen molar-refractivity contribution in [3.63, 3.8) is 0 Å². The van der Waals surface area contributed by atoms with Gasteiger partial charge in [-0.15, -0.1) is 0 Å². The first kappa shape index (κ1) is 23.3. The van der Waals surface area contributed by atoms with Crippen molar-refractivity contribution >= 4 is 28.9 Å². The number of aromatic nitrogens is 3. The summed E-state index contributed by atoms with van der Waals surface area (Å²) in [6.45, 7) is 5.19. The van der Waals surface area contributed by atoms with E-state index in [1.165, 1.54) is 12.1 Å². The number of hydrogen-bond donors (Lipinski definition) is 1. The van der Waals surface area contributed by atoms with Crippen LogP contribution in [-0.4, -0.2) is 27.6 Å². The zero-order chi connectivity index (χ0) is 23.6. The van der Waals surface area contributed by atoms with Gasteiger partial charge in [0.1, 0.15) is 18.2 Å². The van der Waals surface area contributed by atoms with Crippen LogP contribution in [0, 0.1) is 0 Å². The summed E-state index contributed by atoms with van der Waals surface area (Å²) in [6.07, 6.45) is -2.07. The SMILES string of the molecule is CC(C)OCc1nc2c(c(Nc3ccc(C(F)(F)F)cc3)n1)CCN(c1ncccc1Cl)C2. The van der Waals surface area contributed by atoms with E-state index in [2.05, 4.69) is 15.3 Å². The van der Waals surface area contributed by atoms with Gasteiger partial charge in [-0.2, -0.15) is 13.2 Å². The van der Waals surface area contributed by atoms with E-state index < -0.39 is 11.7 Å². The van der Waals surface area contributed by atoms with Gasteiger partial charge in [0.25, 0.3) is 0 Å². The number of pyridine rings is 1. The Morgan fingerprint density at radius 2 is 1.91 bits per heavy atom. The van der Waals surface area contributed by atoms with E-state index in [0.29, 0.717) is 47.7 Å². The Labute approximate surface area is 194 Å². The molecule has 1 aliphatic heterocycles. The molecule has 174 valence electrons. The van der Waals surface area contributed by atoms with Crippen molar-refractivity contribution < 1.29 is 17.9 Å².